The number of nitrogens with one attached hydrogen (secondary N) is 1. The molecule has 1 aliphatic rings. The van der Waals surface area contributed by atoms with E-state index in [1.165, 1.54) is 7.11 Å². The van der Waals surface area contributed by atoms with Gasteiger partial charge in [0, 0.05) is 16.0 Å². The van der Waals surface area contributed by atoms with Crippen LogP contribution in [0.3, 0.4) is 0 Å². The van der Waals surface area contributed by atoms with Crippen LogP contribution in [0.5, 0.6) is 0 Å². The molecular formula is C13H13Cl2NO3. The zero-order chi connectivity index (χ0) is 14.0. The molecule has 19 heavy (non-hydrogen) atoms. The predicted octanol–water partition coefficient (Wildman–Crippen LogP) is 2.39. The van der Waals surface area contributed by atoms with Gasteiger partial charge in [0.1, 0.15) is 6.54 Å². The van der Waals surface area contributed by atoms with Crippen molar-refractivity contribution in [3.05, 3.63) is 33.8 Å². The van der Waals surface area contributed by atoms with Gasteiger partial charge in [-0.3, -0.25) is 9.59 Å². The number of amides is 1. The lowest BCUT2D eigenvalue weighted by Crippen LogP contribution is -2.31. The topological polar surface area (TPSA) is 55.4 Å². The molecule has 1 fully saturated rings. The molecule has 6 heteroatoms. The van der Waals surface area contributed by atoms with Gasteiger partial charge in [0.25, 0.3) is 0 Å². The number of ether oxygens (including phenoxy) is 1. The molecule has 1 aromatic rings. The molecular weight excluding hydrogens is 289 g/mol. The highest BCUT2D eigenvalue weighted by molar-refractivity contribution is 6.34. The fourth-order valence-corrected chi connectivity index (χ4v) is 2.55. The summed E-state index contributed by atoms with van der Waals surface area (Å²) in [5.41, 5.74) is 0.954. The summed E-state index contributed by atoms with van der Waals surface area (Å²) in [4.78, 5) is 22.7. The Morgan fingerprint density at radius 1 is 1.32 bits per heavy atom. The predicted molar refractivity (Wildman–Crippen MR) is 72.3 cm³/mol. The van der Waals surface area contributed by atoms with Gasteiger partial charge in [-0.1, -0.05) is 23.2 Å². The maximum Gasteiger partial charge on any atom is 0.325 e. The Morgan fingerprint density at radius 3 is 2.53 bits per heavy atom. The molecule has 1 N–H and O–H groups in total. The first-order valence-corrected chi connectivity index (χ1v) is 6.57. The molecule has 2 rings (SSSR count). The van der Waals surface area contributed by atoms with Gasteiger partial charge in [0.05, 0.1) is 7.11 Å². The van der Waals surface area contributed by atoms with Crippen LogP contribution in [0.15, 0.2) is 18.2 Å². The molecule has 1 aliphatic carbocycles. The highest BCUT2D eigenvalue weighted by Crippen LogP contribution is 2.48. The van der Waals surface area contributed by atoms with E-state index in [1.807, 2.05) is 12.1 Å². The fourth-order valence-electron chi connectivity index (χ4n) is 2.00. The zero-order valence-electron chi connectivity index (χ0n) is 10.3. The second-order valence-electron chi connectivity index (χ2n) is 4.45. The number of carbonyl (C=O) groups excluding carboxylic acids is 2. The Labute approximate surface area is 121 Å². The molecule has 0 spiro atoms. The normalized spacial score (nSPS) is 20.8. The molecule has 0 unspecified atom stereocenters. The number of esters is 1. The standard InChI is InChI=1S/C13H13Cl2NO3/c1-19-12(17)6-16-13(18)11-5-10(11)7-2-8(14)4-9(15)3-7/h2-4,10-11H,5-6H2,1H3,(H,16,18)/t10-,11+/m0/s1. The number of hydrogen-bond acceptors (Lipinski definition) is 3. The lowest BCUT2D eigenvalue weighted by molar-refractivity contribution is -0.141. The molecule has 0 bridgehead atoms. The highest BCUT2D eigenvalue weighted by atomic mass is 35.5. The van der Waals surface area contributed by atoms with E-state index < -0.39 is 5.97 Å². The summed E-state index contributed by atoms with van der Waals surface area (Å²) in [6.07, 6.45) is 0.740. The van der Waals surface area contributed by atoms with E-state index in [-0.39, 0.29) is 24.3 Å². The molecule has 0 aromatic heterocycles. The molecule has 102 valence electrons. The minimum atomic E-state index is -0.462. The van der Waals surface area contributed by atoms with Gasteiger partial charge in [0.15, 0.2) is 0 Å². The second-order valence-corrected chi connectivity index (χ2v) is 5.32. The Hall–Kier alpha value is -1.26. The highest BCUT2D eigenvalue weighted by Gasteiger charge is 2.44. The summed E-state index contributed by atoms with van der Waals surface area (Å²) in [6.45, 7) is -0.102. The van der Waals surface area contributed by atoms with Gasteiger partial charge in [-0.2, -0.15) is 0 Å². The first kappa shape index (κ1) is 14.2. The van der Waals surface area contributed by atoms with Crippen LogP contribution in [0.25, 0.3) is 0 Å². The van der Waals surface area contributed by atoms with Gasteiger partial charge in [-0.25, -0.2) is 0 Å². The molecule has 4 nitrogen and oxygen atoms in total. The Balaban J connectivity index is 1.93. The maximum atomic E-state index is 11.8. The zero-order valence-corrected chi connectivity index (χ0v) is 11.8. The van der Waals surface area contributed by atoms with E-state index in [1.54, 1.807) is 6.07 Å². The Bertz CT molecular complexity index is 498. The quantitative estimate of drug-likeness (QED) is 0.869. The number of rotatable bonds is 4. The SMILES string of the molecule is COC(=O)CNC(=O)[C@@H]1C[C@H]1c1cc(Cl)cc(Cl)c1. The van der Waals surface area contributed by atoms with Crippen LogP contribution in [0.2, 0.25) is 10.0 Å². The third-order valence-electron chi connectivity index (χ3n) is 3.07. The minimum absolute atomic E-state index is 0.102. The van der Waals surface area contributed by atoms with Gasteiger partial charge in [-0.05, 0) is 36.1 Å². The van der Waals surface area contributed by atoms with Crippen molar-refractivity contribution in [2.45, 2.75) is 12.3 Å². The van der Waals surface area contributed by atoms with Gasteiger partial charge >= 0.3 is 5.97 Å². The molecule has 0 aliphatic heterocycles. The van der Waals surface area contributed by atoms with Gasteiger partial charge in [0.2, 0.25) is 5.91 Å². The average Bonchev–Trinajstić information content (AvgIpc) is 3.14. The van der Waals surface area contributed by atoms with Crippen LogP contribution in [-0.4, -0.2) is 25.5 Å². The largest absolute Gasteiger partial charge is 0.468 e. The van der Waals surface area contributed by atoms with Crippen molar-refractivity contribution in [2.75, 3.05) is 13.7 Å². The lowest BCUT2D eigenvalue weighted by atomic mass is 10.1. The number of halogens is 2. The summed E-state index contributed by atoms with van der Waals surface area (Å²) >= 11 is 11.8. The second kappa shape index (κ2) is 5.80. The van der Waals surface area contributed by atoms with Crippen molar-refractivity contribution in [3.63, 3.8) is 0 Å². The Kier molecular flexibility index (Phi) is 4.32. The first-order valence-electron chi connectivity index (χ1n) is 5.81. The van der Waals surface area contributed by atoms with E-state index in [0.29, 0.717) is 10.0 Å². The number of methoxy groups -OCH3 is 1. The van der Waals surface area contributed by atoms with Crippen LogP contribution in [0, 0.1) is 5.92 Å². The third kappa shape index (κ3) is 3.61. The van der Waals surface area contributed by atoms with Crippen molar-refractivity contribution in [2.24, 2.45) is 5.92 Å². The van der Waals surface area contributed by atoms with E-state index >= 15 is 0 Å². The lowest BCUT2D eigenvalue weighted by Gasteiger charge is -2.04. The number of hydrogen-bond donors (Lipinski definition) is 1. The molecule has 1 amide bonds. The van der Waals surface area contributed by atoms with Crippen molar-refractivity contribution in [1.82, 2.24) is 5.32 Å². The summed E-state index contributed by atoms with van der Waals surface area (Å²) in [5.74, 6) is -0.615. The minimum Gasteiger partial charge on any atom is -0.468 e. The summed E-state index contributed by atoms with van der Waals surface area (Å²) in [5, 5.41) is 3.66. The number of carbonyl (C=O) groups is 2. The van der Waals surface area contributed by atoms with Crippen LogP contribution in [0.1, 0.15) is 17.9 Å². The number of benzene rings is 1. The third-order valence-corrected chi connectivity index (χ3v) is 3.51. The molecule has 0 radical (unpaired) electrons. The van der Waals surface area contributed by atoms with Crippen LogP contribution in [-0.2, 0) is 14.3 Å². The van der Waals surface area contributed by atoms with Crippen molar-refractivity contribution in [1.29, 1.82) is 0 Å². The summed E-state index contributed by atoms with van der Waals surface area (Å²) in [6, 6.07) is 5.28. The van der Waals surface area contributed by atoms with Crippen LogP contribution in [0.4, 0.5) is 0 Å². The maximum absolute atomic E-state index is 11.8. The molecule has 1 aromatic carbocycles. The molecule has 0 saturated heterocycles. The van der Waals surface area contributed by atoms with E-state index in [2.05, 4.69) is 10.1 Å². The van der Waals surface area contributed by atoms with Gasteiger partial charge < -0.3 is 10.1 Å². The van der Waals surface area contributed by atoms with Crippen LogP contribution < -0.4 is 5.32 Å². The summed E-state index contributed by atoms with van der Waals surface area (Å²) in [7, 11) is 1.28. The van der Waals surface area contributed by atoms with Gasteiger partial charge in [-0.15, -0.1) is 0 Å². The first-order chi connectivity index (χ1) is 9.01. The van der Waals surface area contributed by atoms with Crippen molar-refractivity contribution in [3.8, 4) is 0 Å². The molecule has 2 atom stereocenters. The van der Waals surface area contributed by atoms with Crippen LogP contribution >= 0.6 is 23.2 Å². The van der Waals surface area contributed by atoms with E-state index in [4.69, 9.17) is 23.2 Å². The fraction of sp³-hybridized carbons (Fsp3) is 0.385. The van der Waals surface area contributed by atoms with E-state index in [0.717, 1.165) is 12.0 Å². The van der Waals surface area contributed by atoms with Crippen molar-refractivity contribution < 1.29 is 14.3 Å². The van der Waals surface area contributed by atoms with Crippen molar-refractivity contribution >= 4 is 35.1 Å². The molecule has 0 heterocycles. The van der Waals surface area contributed by atoms with E-state index in [9.17, 15) is 9.59 Å². The monoisotopic (exact) mass is 301 g/mol. The average molecular weight is 302 g/mol. The summed E-state index contributed by atoms with van der Waals surface area (Å²) < 4.78 is 4.46. The Morgan fingerprint density at radius 2 is 1.95 bits per heavy atom. The molecule has 1 saturated carbocycles. The smallest absolute Gasteiger partial charge is 0.325 e.